The topological polar surface area (TPSA) is 92.4 Å². The molecule has 4 N–H and O–H groups in total. The summed E-state index contributed by atoms with van der Waals surface area (Å²) in [6, 6.07) is -1.20. The van der Waals surface area contributed by atoms with Crippen LogP contribution in [0, 0.1) is 5.41 Å². The van der Waals surface area contributed by atoms with Gasteiger partial charge in [0.1, 0.15) is 0 Å². The maximum absolute atomic E-state index is 11.7. The van der Waals surface area contributed by atoms with Gasteiger partial charge in [-0.25, -0.2) is 0 Å². The molecule has 1 rings (SSSR count). The summed E-state index contributed by atoms with van der Waals surface area (Å²) in [7, 11) is 0. The maximum atomic E-state index is 11.7. The number of nitrogens with one attached hydrogen (secondary N) is 1. The van der Waals surface area contributed by atoms with Crippen LogP contribution in [0.2, 0.25) is 0 Å². The normalized spacial score (nSPS) is 20.6. The Morgan fingerprint density at radius 1 is 1.48 bits per heavy atom. The van der Waals surface area contributed by atoms with Crippen molar-refractivity contribution in [2.75, 3.05) is 0 Å². The number of rotatable bonds is 6. The van der Waals surface area contributed by atoms with Gasteiger partial charge in [0.05, 0.1) is 12.5 Å². The highest BCUT2D eigenvalue weighted by Gasteiger charge is 2.28. The largest absolute Gasteiger partial charge is 0.481 e. The third-order valence-electron chi connectivity index (χ3n) is 3.97. The quantitative estimate of drug-likeness (QED) is 0.698. The summed E-state index contributed by atoms with van der Waals surface area (Å²) >= 11 is 0. The third-order valence-corrected chi connectivity index (χ3v) is 3.97. The molecule has 1 amide bonds. The fourth-order valence-corrected chi connectivity index (χ4v) is 2.62. The molecule has 0 aliphatic heterocycles. The van der Waals surface area contributed by atoms with Crippen molar-refractivity contribution in [2.24, 2.45) is 11.1 Å². The lowest BCUT2D eigenvalue weighted by Crippen LogP contribution is -2.44. The highest BCUT2D eigenvalue weighted by molar-refractivity contribution is 5.86. The molecule has 1 aliphatic carbocycles. The summed E-state index contributed by atoms with van der Waals surface area (Å²) in [4.78, 5) is 22.3. The van der Waals surface area contributed by atoms with Gasteiger partial charge in [-0.1, -0.05) is 31.6 Å². The molecule has 0 aromatic heterocycles. The molecule has 1 aliphatic rings. The van der Waals surface area contributed by atoms with Gasteiger partial charge in [0.15, 0.2) is 0 Å². The minimum Gasteiger partial charge on any atom is -0.481 e. The van der Waals surface area contributed by atoms with E-state index in [2.05, 4.69) is 32.2 Å². The highest BCUT2D eigenvalue weighted by atomic mass is 16.4. The summed E-state index contributed by atoms with van der Waals surface area (Å²) in [5.74, 6) is -1.51. The molecule has 0 bridgehead atoms. The van der Waals surface area contributed by atoms with Crippen LogP contribution >= 0.6 is 0 Å². The van der Waals surface area contributed by atoms with Gasteiger partial charge in [0.2, 0.25) is 5.91 Å². The molecule has 0 saturated heterocycles. The Balaban J connectivity index is 2.60. The molecule has 21 heavy (non-hydrogen) atoms. The molecule has 118 valence electrons. The van der Waals surface area contributed by atoms with E-state index in [-0.39, 0.29) is 17.9 Å². The van der Waals surface area contributed by atoms with Crippen LogP contribution in [0.4, 0.5) is 0 Å². The number of carboxylic acids is 1. The van der Waals surface area contributed by atoms with E-state index in [1.807, 2.05) is 13.0 Å². The molecule has 0 spiro atoms. The number of carboxylic acid groups (broad SMARTS) is 1. The lowest BCUT2D eigenvalue weighted by atomic mass is 9.85. The predicted molar refractivity (Wildman–Crippen MR) is 82.7 cm³/mol. The van der Waals surface area contributed by atoms with E-state index in [9.17, 15) is 9.59 Å². The van der Waals surface area contributed by atoms with E-state index in [0.29, 0.717) is 0 Å². The standard InChI is InChI=1S/C16H26N2O3/c1-10-7-8-16(3,4)12(10)6-5-11(2)18-15(21)13(17)9-14(19)20/h5-6,11,13H,7-9,17H2,1-4H3,(H,18,21)(H,19,20)/b6-5+/t11?,13-/m0/s1. The average Bonchev–Trinajstić information content (AvgIpc) is 2.60. The fraction of sp³-hybridized carbons (Fsp3) is 0.625. The SMILES string of the molecule is CC1=C(/C=C/C(C)NC(=O)[C@@H](N)CC(=O)O)C(C)(C)CC1. The number of allylic oxidation sites excluding steroid dienone is 3. The van der Waals surface area contributed by atoms with Crippen molar-refractivity contribution < 1.29 is 14.7 Å². The molecular formula is C16H26N2O3. The molecule has 0 saturated carbocycles. The van der Waals surface area contributed by atoms with Crippen molar-refractivity contribution in [2.45, 2.75) is 59.0 Å². The molecule has 5 heteroatoms. The third kappa shape index (κ3) is 5.01. The second kappa shape index (κ2) is 6.89. The van der Waals surface area contributed by atoms with Crippen molar-refractivity contribution in [1.82, 2.24) is 5.32 Å². The summed E-state index contributed by atoms with van der Waals surface area (Å²) in [6.45, 7) is 8.42. The van der Waals surface area contributed by atoms with Gasteiger partial charge < -0.3 is 16.2 Å². The molecule has 0 aromatic carbocycles. The van der Waals surface area contributed by atoms with Crippen LogP contribution in [0.25, 0.3) is 0 Å². The Kier molecular flexibility index (Phi) is 5.72. The molecule has 0 heterocycles. The number of hydrogen-bond donors (Lipinski definition) is 3. The first-order valence-electron chi connectivity index (χ1n) is 7.29. The van der Waals surface area contributed by atoms with Gasteiger partial charge >= 0.3 is 5.97 Å². The number of carbonyl (C=O) groups excluding carboxylic acids is 1. The van der Waals surface area contributed by atoms with Gasteiger partial charge in [0.25, 0.3) is 0 Å². The Morgan fingerprint density at radius 3 is 2.57 bits per heavy atom. The highest BCUT2D eigenvalue weighted by Crippen LogP contribution is 2.42. The zero-order valence-electron chi connectivity index (χ0n) is 13.3. The molecule has 0 fully saturated rings. The molecule has 2 atom stereocenters. The Bertz CT molecular complexity index is 478. The summed E-state index contributed by atoms with van der Waals surface area (Å²) in [6.07, 6.45) is 5.88. The number of carbonyl (C=O) groups is 2. The minimum absolute atomic E-state index is 0.171. The second-order valence-electron chi connectivity index (χ2n) is 6.44. The van der Waals surface area contributed by atoms with Crippen LogP contribution in [0.3, 0.4) is 0 Å². The number of amides is 1. The van der Waals surface area contributed by atoms with E-state index >= 15 is 0 Å². The van der Waals surface area contributed by atoms with Crippen LogP contribution in [0.5, 0.6) is 0 Å². The van der Waals surface area contributed by atoms with Crippen LogP contribution in [0.1, 0.15) is 47.0 Å². The number of aliphatic carboxylic acids is 1. The maximum Gasteiger partial charge on any atom is 0.305 e. The van der Waals surface area contributed by atoms with Gasteiger partial charge in [0, 0.05) is 6.04 Å². The Hall–Kier alpha value is -1.62. The first-order chi connectivity index (χ1) is 9.63. The van der Waals surface area contributed by atoms with Crippen molar-refractivity contribution in [3.05, 3.63) is 23.3 Å². The number of nitrogens with two attached hydrogens (primary N) is 1. The van der Waals surface area contributed by atoms with Crippen molar-refractivity contribution in [3.63, 3.8) is 0 Å². The van der Waals surface area contributed by atoms with Crippen LogP contribution in [0.15, 0.2) is 23.3 Å². The lowest BCUT2D eigenvalue weighted by molar-refractivity contribution is -0.139. The first kappa shape index (κ1) is 17.4. The van der Waals surface area contributed by atoms with E-state index < -0.39 is 17.9 Å². The summed E-state index contributed by atoms with van der Waals surface area (Å²) in [5.41, 5.74) is 8.40. The van der Waals surface area contributed by atoms with Gasteiger partial charge in [-0.3, -0.25) is 9.59 Å². The van der Waals surface area contributed by atoms with Crippen molar-refractivity contribution in [1.29, 1.82) is 0 Å². The molecule has 1 unspecified atom stereocenters. The average molecular weight is 294 g/mol. The zero-order chi connectivity index (χ0) is 16.2. The fourth-order valence-electron chi connectivity index (χ4n) is 2.62. The lowest BCUT2D eigenvalue weighted by Gasteiger charge is -2.21. The molecule has 0 radical (unpaired) electrons. The number of hydrogen-bond acceptors (Lipinski definition) is 3. The smallest absolute Gasteiger partial charge is 0.305 e. The van der Waals surface area contributed by atoms with Gasteiger partial charge in [-0.15, -0.1) is 0 Å². The van der Waals surface area contributed by atoms with Crippen molar-refractivity contribution in [3.8, 4) is 0 Å². The summed E-state index contributed by atoms with van der Waals surface area (Å²) in [5, 5.41) is 11.3. The molecule has 0 aromatic rings. The van der Waals surface area contributed by atoms with Gasteiger partial charge in [-0.05, 0) is 37.7 Å². The Morgan fingerprint density at radius 2 is 2.10 bits per heavy atom. The Labute approximate surface area is 126 Å². The predicted octanol–water partition coefficient (Wildman–Crippen LogP) is 1.99. The van der Waals surface area contributed by atoms with E-state index in [4.69, 9.17) is 10.8 Å². The van der Waals surface area contributed by atoms with Crippen molar-refractivity contribution >= 4 is 11.9 Å². The minimum atomic E-state index is -1.07. The van der Waals surface area contributed by atoms with E-state index in [1.165, 1.54) is 11.1 Å². The van der Waals surface area contributed by atoms with E-state index in [0.717, 1.165) is 12.8 Å². The monoisotopic (exact) mass is 294 g/mol. The molecular weight excluding hydrogens is 268 g/mol. The van der Waals surface area contributed by atoms with Crippen LogP contribution in [-0.2, 0) is 9.59 Å². The van der Waals surface area contributed by atoms with E-state index in [1.54, 1.807) is 0 Å². The second-order valence-corrected chi connectivity index (χ2v) is 6.44. The van der Waals surface area contributed by atoms with Crippen LogP contribution < -0.4 is 11.1 Å². The first-order valence-corrected chi connectivity index (χ1v) is 7.29. The van der Waals surface area contributed by atoms with Gasteiger partial charge in [-0.2, -0.15) is 0 Å². The van der Waals surface area contributed by atoms with Crippen LogP contribution in [-0.4, -0.2) is 29.1 Å². The molecule has 5 nitrogen and oxygen atoms in total. The zero-order valence-corrected chi connectivity index (χ0v) is 13.3. The summed E-state index contributed by atoms with van der Waals surface area (Å²) < 4.78 is 0.